The zero-order valence-corrected chi connectivity index (χ0v) is 18.3. The molecule has 8 heteroatoms. The minimum Gasteiger partial charge on any atom is -0.338 e. The van der Waals surface area contributed by atoms with Crippen LogP contribution in [0, 0.1) is 5.82 Å². The molecule has 1 aliphatic heterocycles. The summed E-state index contributed by atoms with van der Waals surface area (Å²) in [7, 11) is 1.75. The molecule has 4 rings (SSSR count). The molecule has 0 atom stereocenters. The van der Waals surface area contributed by atoms with Crippen molar-refractivity contribution in [1.29, 1.82) is 0 Å². The van der Waals surface area contributed by atoms with Crippen LogP contribution in [0.1, 0.15) is 23.2 Å². The first-order chi connectivity index (χ1) is 15.9. The van der Waals surface area contributed by atoms with E-state index in [4.69, 9.17) is 0 Å². The topological polar surface area (TPSA) is 85.5 Å². The Balaban J connectivity index is 1.31. The van der Waals surface area contributed by atoms with Gasteiger partial charge in [-0.3, -0.25) is 9.59 Å². The van der Waals surface area contributed by atoms with Gasteiger partial charge in [0, 0.05) is 44.1 Å². The summed E-state index contributed by atoms with van der Waals surface area (Å²) in [5.74, 6) is -0.423. The number of amides is 3. The number of pyridine rings is 1. The van der Waals surface area contributed by atoms with Crippen LogP contribution in [0.2, 0.25) is 0 Å². The zero-order chi connectivity index (χ0) is 23.4. The first kappa shape index (κ1) is 22.3. The van der Waals surface area contributed by atoms with Crippen LogP contribution in [0.25, 0.3) is 11.1 Å². The maximum absolute atomic E-state index is 13.4. The van der Waals surface area contributed by atoms with E-state index in [9.17, 15) is 18.8 Å². The van der Waals surface area contributed by atoms with Crippen molar-refractivity contribution in [3.8, 4) is 11.1 Å². The molecule has 2 heterocycles. The molecule has 2 N–H and O–H groups in total. The van der Waals surface area contributed by atoms with Crippen LogP contribution in [-0.2, 0) is 0 Å². The third-order valence-electron chi connectivity index (χ3n) is 5.95. The van der Waals surface area contributed by atoms with Crippen molar-refractivity contribution in [2.75, 3.05) is 25.5 Å². The fraction of sp³-hybridized carbons (Fsp3) is 0.240. The number of hydrogen-bond donors (Lipinski definition) is 2. The predicted octanol–water partition coefficient (Wildman–Crippen LogP) is 3.95. The van der Waals surface area contributed by atoms with Gasteiger partial charge in [-0.1, -0.05) is 24.3 Å². The number of hydrogen-bond acceptors (Lipinski definition) is 3. The minimum atomic E-state index is -0.294. The number of nitrogens with one attached hydrogen (secondary N) is 2. The lowest BCUT2D eigenvalue weighted by Gasteiger charge is -2.36. The van der Waals surface area contributed by atoms with Crippen molar-refractivity contribution >= 4 is 17.6 Å². The maximum Gasteiger partial charge on any atom is 0.321 e. The van der Waals surface area contributed by atoms with Gasteiger partial charge in [-0.05, 0) is 54.3 Å². The lowest BCUT2D eigenvalue weighted by atomic mass is 10.0. The molecule has 0 unspecified atom stereocenters. The molecule has 170 valence electrons. The SMILES string of the molecule is CN(C(=O)Nc1ccc(-c2cccc(F)c2)cc1)C1CCN(C(=O)c2ccc(=O)[nH]c2)CC1. The Kier molecular flexibility index (Phi) is 6.53. The molecule has 2 aromatic carbocycles. The van der Waals surface area contributed by atoms with Crippen molar-refractivity contribution in [2.24, 2.45) is 0 Å². The number of benzene rings is 2. The fourth-order valence-electron chi connectivity index (χ4n) is 3.97. The van der Waals surface area contributed by atoms with Gasteiger partial charge in [0.05, 0.1) is 5.56 Å². The van der Waals surface area contributed by atoms with Crippen LogP contribution in [0.4, 0.5) is 14.9 Å². The number of piperidine rings is 1. The molecular formula is C25H25FN4O3. The molecule has 3 aromatic rings. The molecule has 0 radical (unpaired) electrons. The van der Waals surface area contributed by atoms with Crippen LogP contribution in [0.15, 0.2) is 71.7 Å². The number of urea groups is 1. The van der Waals surface area contributed by atoms with Gasteiger partial charge in [0.2, 0.25) is 5.56 Å². The Bertz CT molecular complexity index is 1180. The molecule has 3 amide bonds. The third kappa shape index (κ3) is 5.28. The maximum atomic E-state index is 13.4. The molecule has 0 bridgehead atoms. The molecule has 1 fully saturated rings. The van der Waals surface area contributed by atoms with Gasteiger partial charge in [-0.25, -0.2) is 9.18 Å². The summed E-state index contributed by atoms with van der Waals surface area (Å²) in [6.45, 7) is 1.06. The highest BCUT2D eigenvalue weighted by Gasteiger charge is 2.28. The summed E-state index contributed by atoms with van der Waals surface area (Å²) in [4.78, 5) is 42.4. The molecule has 1 aromatic heterocycles. The van der Waals surface area contributed by atoms with Crippen molar-refractivity contribution in [1.82, 2.24) is 14.8 Å². The fourth-order valence-corrected chi connectivity index (χ4v) is 3.97. The van der Waals surface area contributed by atoms with E-state index >= 15 is 0 Å². The highest BCUT2D eigenvalue weighted by Crippen LogP contribution is 2.23. The first-order valence-corrected chi connectivity index (χ1v) is 10.8. The number of carbonyl (C=O) groups is 2. The number of H-pyrrole nitrogens is 1. The summed E-state index contributed by atoms with van der Waals surface area (Å²) >= 11 is 0. The summed E-state index contributed by atoms with van der Waals surface area (Å²) in [5, 5.41) is 2.89. The molecule has 1 aliphatic rings. The lowest BCUT2D eigenvalue weighted by Crippen LogP contribution is -2.48. The Morgan fingerprint density at radius 1 is 1.03 bits per heavy atom. The first-order valence-electron chi connectivity index (χ1n) is 10.8. The lowest BCUT2D eigenvalue weighted by molar-refractivity contribution is 0.0671. The summed E-state index contributed by atoms with van der Waals surface area (Å²) in [6, 6.07) is 16.3. The van der Waals surface area contributed by atoms with Gasteiger partial charge in [-0.15, -0.1) is 0 Å². The van der Waals surface area contributed by atoms with E-state index in [0.717, 1.165) is 11.1 Å². The number of anilines is 1. The molecule has 0 spiro atoms. The normalized spacial score (nSPS) is 14.1. The molecule has 0 aliphatic carbocycles. The second-order valence-corrected chi connectivity index (χ2v) is 8.09. The predicted molar refractivity (Wildman–Crippen MR) is 125 cm³/mol. The van der Waals surface area contributed by atoms with E-state index in [-0.39, 0.29) is 29.4 Å². The number of halogens is 1. The van der Waals surface area contributed by atoms with Crippen molar-refractivity contribution in [3.05, 3.63) is 88.6 Å². The van der Waals surface area contributed by atoms with Crippen molar-refractivity contribution in [3.63, 3.8) is 0 Å². The number of aromatic nitrogens is 1. The van der Waals surface area contributed by atoms with Crippen LogP contribution in [-0.4, -0.2) is 52.9 Å². The van der Waals surface area contributed by atoms with Gasteiger partial charge in [0.15, 0.2) is 0 Å². The number of carbonyl (C=O) groups excluding carboxylic acids is 2. The Morgan fingerprint density at radius 3 is 2.39 bits per heavy atom. The highest BCUT2D eigenvalue weighted by atomic mass is 19.1. The van der Waals surface area contributed by atoms with Crippen LogP contribution in [0.5, 0.6) is 0 Å². The second-order valence-electron chi connectivity index (χ2n) is 8.09. The quantitative estimate of drug-likeness (QED) is 0.634. The average molecular weight is 448 g/mol. The number of likely N-dealkylation sites (tertiary alicyclic amines) is 1. The number of aromatic amines is 1. The zero-order valence-electron chi connectivity index (χ0n) is 18.3. The van der Waals surface area contributed by atoms with Crippen LogP contribution < -0.4 is 10.9 Å². The largest absolute Gasteiger partial charge is 0.338 e. The van der Waals surface area contributed by atoms with E-state index in [1.807, 2.05) is 18.2 Å². The third-order valence-corrected chi connectivity index (χ3v) is 5.95. The van der Waals surface area contributed by atoms with E-state index in [1.165, 1.54) is 30.5 Å². The number of rotatable bonds is 4. The Labute approximate surface area is 190 Å². The second kappa shape index (κ2) is 9.68. The van der Waals surface area contributed by atoms with Crippen molar-refractivity contribution < 1.29 is 14.0 Å². The molecular weight excluding hydrogens is 423 g/mol. The van der Waals surface area contributed by atoms with Gasteiger partial charge in [0.1, 0.15) is 5.82 Å². The Hall–Kier alpha value is -3.94. The van der Waals surface area contributed by atoms with E-state index in [1.54, 1.807) is 35.0 Å². The average Bonchev–Trinajstić information content (AvgIpc) is 2.84. The molecule has 1 saturated heterocycles. The Morgan fingerprint density at radius 2 is 1.76 bits per heavy atom. The monoisotopic (exact) mass is 448 g/mol. The van der Waals surface area contributed by atoms with Gasteiger partial charge in [0.25, 0.3) is 5.91 Å². The van der Waals surface area contributed by atoms with Crippen LogP contribution in [0.3, 0.4) is 0 Å². The molecule has 7 nitrogen and oxygen atoms in total. The number of nitrogens with zero attached hydrogens (tertiary/aromatic N) is 2. The van der Waals surface area contributed by atoms with E-state index < -0.39 is 0 Å². The van der Waals surface area contributed by atoms with E-state index in [0.29, 0.717) is 37.2 Å². The molecule has 0 saturated carbocycles. The van der Waals surface area contributed by atoms with Gasteiger partial charge >= 0.3 is 6.03 Å². The van der Waals surface area contributed by atoms with Gasteiger partial charge < -0.3 is 20.1 Å². The minimum absolute atomic E-state index is 0.0104. The molecule has 33 heavy (non-hydrogen) atoms. The smallest absolute Gasteiger partial charge is 0.321 e. The summed E-state index contributed by atoms with van der Waals surface area (Å²) in [5.41, 5.74) is 2.48. The van der Waals surface area contributed by atoms with Gasteiger partial charge in [-0.2, -0.15) is 0 Å². The summed E-state index contributed by atoms with van der Waals surface area (Å²) in [6.07, 6.45) is 2.75. The summed E-state index contributed by atoms with van der Waals surface area (Å²) < 4.78 is 13.4. The highest BCUT2D eigenvalue weighted by molar-refractivity contribution is 5.94. The van der Waals surface area contributed by atoms with Crippen molar-refractivity contribution in [2.45, 2.75) is 18.9 Å². The van der Waals surface area contributed by atoms with E-state index in [2.05, 4.69) is 10.3 Å². The standard InChI is InChI=1S/C25H25FN4O3/c1-29(22-11-13-30(14-12-22)24(32)19-7-10-23(31)27-16-19)25(33)28-21-8-5-17(6-9-21)18-3-2-4-20(26)15-18/h2-10,15-16,22H,11-14H2,1H3,(H,27,31)(H,28,33). The van der Waals surface area contributed by atoms with Crippen LogP contribution >= 0.6 is 0 Å².